The first-order valence-electron chi connectivity index (χ1n) is 14.0. The maximum Gasteiger partial charge on any atom is 0.302 e. The van der Waals surface area contributed by atoms with Gasteiger partial charge in [-0.1, -0.05) is 53.9 Å². The third-order valence-corrected chi connectivity index (χ3v) is 10.9. The Labute approximate surface area is 206 Å². The van der Waals surface area contributed by atoms with E-state index in [1.165, 1.54) is 51.9 Å². The molecular weight excluding hydrogens is 426 g/mol. The molecule has 0 spiro atoms. The third kappa shape index (κ3) is 4.46. The maximum atomic E-state index is 12.3. The van der Waals surface area contributed by atoms with Crippen molar-refractivity contribution < 1.29 is 14.5 Å². The summed E-state index contributed by atoms with van der Waals surface area (Å²) in [4.78, 5) is 23.8. The lowest BCUT2D eigenvalue weighted by atomic mass is 9.46. The zero-order valence-electron chi connectivity index (χ0n) is 22.4. The van der Waals surface area contributed by atoms with Gasteiger partial charge in [0.05, 0.1) is 4.92 Å². The van der Waals surface area contributed by atoms with Crippen molar-refractivity contribution in [2.24, 2.45) is 46.3 Å². The predicted molar refractivity (Wildman–Crippen MR) is 135 cm³/mol. The van der Waals surface area contributed by atoms with E-state index in [4.69, 9.17) is 4.74 Å². The van der Waals surface area contributed by atoms with Crippen molar-refractivity contribution in [1.29, 1.82) is 0 Å². The lowest BCUT2D eigenvalue weighted by Gasteiger charge is -2.58. The monoisotopic (exact) mass is 473 g/mol. The summed E-state index contributed by atoms with van der Waals surface area (Å²) in [7, 11) is 0. The minimum Gasteiger partial charge on any atom is -0.462 e. The van der Waals surface area contributed by atoms with Gasteiger partial charge in [0.15, 0.2) is 0 Å². The van der Waals surface area contributed by atoms with Crippen molar-refractivity contribution in [3.05, 3.63) is 21.4 Å². The van der Waals surface area contributed by atoms with Crippen molar-refractivity contribution in [1.82, 2.24) is 0 Å². The van der Waals surface area contributed by atoms with Crippen molar-refractivity contribution in [2.75, 3.05) is 0 Å². The molecule has 0 bridgehead atoms. The van der Waals surface area contributed by atoms with Crippen molar-refractivity contribution in [2.45, 2.75) is 118 Å². The normalized spacial score (nSPS) is 40.4. The fourth-order valence-corrected chi connectivity index (χ4v) is 9.29. The summed E-state index contributed by atoms with van der Waals surface area (Å²) in [6.07, 6.45) is 11.6. The van der Waals surface area contributed by atoms with E-state index in [9.17, 15) is 14.9 Å². The smallest absolute Gasteiger partial charge is 0.302 e. The minimum absolute atomic E-state index is 0.0904. The van der Waals surface area contributed by atoms with Crippen LogP contribution in [0.25, 0.3) is 0 Å². The molecule has 192 valence electrons. The maximum absolute atomic E-state index is 12.3. The van der Waals surface area contributed by atoms with E-state index >= 15 is 0 Å². The molecule has 3 fully saturated rings. The van der Waals surface area contributed by atoms with Gasteiger partial charge in [-0.05, 0) is 84.9 Å². The topological polar surface area (TPSA) is 69.4 Å². The lowest BCUT2D eigenvalue weighted by Crippen LogP contribution is -2.52. The molecule has 0 heterocycles. The van der Waals surface area contributed by atoms with Crippen LogP contribution in [0.3, 0.4) is 0 Å². The van der Waals surface area contributed by atoms with E-state index in [1.54, 1.807) is 0 Å². The van der Waals surface area contributed by atoms with Crippen LogP contribution in [0.5, 0.6) is 0 Å². The standard InChI is InChI=1S/C29H47NO4/c1-18(2)8-7-9-19(3)23-10-11-24-22-17-27(30(32)33)26-16-21(34-20(4)31)12-14-29(26,6)25(22)13-15-28(23,24)5/h18-19,21-25H,7-17H2,1-6H3/t19-,21-,22+,23-,24+,25+,28-,29+/m0/s1. The van der Waals surface area contributed by atoms with Crippen LogP contribution in [0.4, 0.5) is 0 Å². The largest absolute Gasteiger partial charge is 0.462 e. The molecule has 0 aromatic carbocycles. The van der Waals surface area contributed by atoms with Crippen LogP contribution in [0.2, 0.25) is 0 Å². The van der Waals surface area contributed by atoms with Crippen LogP contribution in [0.1, 0.15) is 112 Å². The third-order valence-electron chi connectivity index (χ3n) is 10.9. The Morgan fingerprint density at radius 2 is 1.79 bits per heavy atom. The van der Waals surface area contributed by atoms with Crippen LogP contribution in [-0.4, -0.2) is 17.0 Å². The highest BCUT2D eigenvalue weighted by Crippen LogP contribution is 2.68. The molecule has 34 heavy (non-hydrogen) atoms. The highest BCUT2D eigenvalue weighted by Gasteiger charge is 2.61. The molecule has 0 aliphatic heterocycles. The molecule has 0 saturated heterocycles. The molecule has 0 amide bonds. The van der Waals surface area contributed by atoms with E-state index in [0.29, 0.717) is 41.7 Å². The van der Waals surface area contributed by atoms with Crippen LogP contribution in [0.15, 0.2) is 11.3 Å². The minimum atomic E-state index is -0.279. The molecular formula is C29H47NO4. The summed E-state index contributed by atoms with van der Waals surface area (Å²) in [5.74, 6) is 3.53. The first-order valence-corrected chi connectivity index (χ1v) is 14.0. The Morgan fingerprint density at radius 3 is 2.44 bits per heavy atom. The average molecular weight is 474 g/mol. The molecule has 0 N–H and O–H groups in total. The van der Waals surface area contributed by atoms with Gasteiger partial charge in [-0.3, -0.25) is 14.9 Å². The second-order valence-corrected chi connectivity index (χ2v) is 13.2. The fourth-order valence-electron chi connectivity index (χ4n) is 9.29. The van der Waals surface area contributed by atoms with Crippen molar-refractivity contribution in [3.63, 3.8) is 0 Å². The first-order chi connectivity index (χ1) is 16.0. The number of nitro groups is 1. The molecule has 5 heteroatoms. The number of allylic oxidation sites excluding steroid dienone is 1. The summed E-state index contributed by atoms with van der Waals surface area (Å²) in [5.41, 5.74) is 1.66. The summed E-state index contributed by atoms with van der Waals surface area (Å²) in [5, 5.41) is 12.3. The molecule has 5 nitrogen and oxygen atoms in total. The number of rotatable bonds is 7. The van der Waals surface area contributed by atoms with Gasteiger partial charge in [0.2, 0.25) is 5.70 Å². The number of carbonyl (C=O) groups is 1. The molecule has 4 aliphatic rings. The summed E-state index contributed by atoms with van der Waals surface area (Å²) in [6.45, 7) is 13.4. The van der Waals surface area contributed by atoms with Gasteiger partial charge in [0, 0.05) is 25.3 Å². The van der Waals surface area contributed by atoms with Gasteiger partial charge in [-0.25, -0.2) is 0 Å². The average Bonchev–Trinajstić information content (AvgIpc) is 3.10. The van der Waals surface area contributed by atoms with Gasteiger partial charge < -0.3 is 4.74 Å². The summed E-state index contributed by atoms with van der Waals surface area (Å²) in [6, 6.07) is 0. The van der Waals surface area contributed by atoms with Gasteiger partial charge in [0.25, 0.3) is 0 Å². The number of hydrogen-bond acceptors (Lipinski definition) is 4. The Hall–Kier alpha value is -1.39. The number of nitrogens with zero attached hydrogens (tertiary/aromatic N) is 1. The van der Waals surface area contributed by atoms with Gasteiger partial charge >= 0.3 is 5.97 Å². The Kier molecular flexibility index (Phi) is 7.24. The fraction of sp³-hybridized carbons (Fsp3) is 0.897. The van der Waals surface area contributed by atoms with E-state index in [-0.39, 0.29) is 22.4 Å². The summed E-state index contributed by atoms with van der Waals surface area (Å²) >= 11 is 0. The molecule has 8 atom stereocenters. The lowest BCUT2D eigenvalue weighted by molar-refractivity contribution is -0.434. The number of hydrogen-bond donors (Lipinski definition) is 0. The highest BCUT2D eigenvalue weighted by molar-refractivity contribution is 5.66. The SMILES string of the molecule is CC(=O)O[C@H]1CC[C@@]2(C)C(=C([N+](=O)[O-])C[C@@H]3[C@H]4CC[C@@H]([C@@H](C)CCCC(C)C)[C@]4(C)CC[C@H]32)C1. The van der Waals surface area contributed by atoms with Crippen LogP contribution < -0.4 is 0 Å². The van der Waals surface area contributed by atoms with Gasteiger partial charge in [0.1, 0.15) is 6.10 Å². The molecule has 4 rings (SSSR count). The first kappa shape index (κ1) is 25.7. The number of fused-ring (bicyclic) bond motifs is 5. The Balaban J connectivity index is 1.58. The van der Waals surface area contributed by atoms with E-state index < -0.39 is 0 Å². The van der Waals surface area contributed by atoms with Crippen LogP contribution in [-0.2, 0) is 9.53 Å². The summed E-state index contributed by atoms with van der Waals surface area (Å²) < 4.78 is 5.53. The van der Waals surface area contributed by atoms with Crippen molar-refractivity contribution in [3.8, 4) is 0 Å². The number of carbonyl (C=O) groups excluding carboxylic acids is 1. The second kappa shape index (κ2) is 9.58. The molecule has 0 aromatic heterocycles. The predicted octanol–water partition coefficient (Wildman–Crippen LogP) is 7.56. The number of esters is 1. The highest BCUT2D eigenvalue weighted by atomic mass is 16.6. The van der Waals surface area contributed by atoms with Crippen molar-refractivity contribution >= 4 is 5.97 Å². The quantitative estimate of drug-likeness (QED) is 0.217. The second-order valence-electron chi connectivity index (χ2n) is 13.2. The number of ether oxygens (including phenoxy) is 1. The zero-order chi connectivity index (χ0) is 24.8. The zero-order valence-corrected chi connectivity index (χ0v) is 22.4. The molecule has 0 radical (unpaired) electrons. The molecule has 3 saturated carbocycles. The molecule has 4 aliphatic carbocycles. The van der Waals surface area contributed by atoms with Gasteiger partial charge in [-0.2, -0.15) is 0 Å². The van der Waals surface area contributed by atoms with E-state index in [0.717, 1.165) is 36.2 Å². The molecule has 0 aromatic rings. The van der Waals surface area contributed by atoms with Crippen LogP contribution >= 0.6 is 0 Å². The van der Waals surface area contributed by atoms with Crippen LogP contribution in [0, 0.1) is 56.5 Å². The Bertz CT molecular complexity index is 834. The molecule has 0 unspecified atom stereocenters. The Morgan fingerprint density at radius 1 is 1.06 bits per heavy atom. The van der Waals surface area contributed by atoms with Gasteiger partial charge in [-0.15, -0.1) is 0 Å². The van der Waals surface area contributed by atoms with E-state index in [2.05, 4.69) is 34.6 Å². The van der Waals surface area contributed by atoms with E-state index in [1.807, 2.05) is 0 Å².